The van der Waals surface area contributed by atoms with Gasteiger partial charge in [0.25, 0.3) is 0 Å². The van der Waals surface area contributed by atoms with E-state index in [1.165, 1.54) is 23.3 Å². The maximum Gasteiger partial charge on any atom is 0.417 e. The van der Waals surface area contributed by atoms with Crippen molar-refractivity contribution in [2.24, 2.45) is 5.92 Å². The molecule has 1 saturated carbocycles. The molecule has 152 valence electrons. The molecule has 2 aromatic rings. The predicted molar refractivity (Wildman–Crippen MR) is 110 cm³/mol. The van der Waals surface area contributed by atoms with Gasteiger partial charge < -0.3 is 0 Å². The van der Waals surface area contributed by atoms with Gasteiger partial charge in [-0.05, 0) is 70.9 Å². The monoisotopic (exact) mass is 428 g/mol. The van der Waals surface area contributed by atoms with Gasteiger partial charge in [0.05, 0.1) is 10.6 Å². The third kappa shape index (κ3) is 4.52. The lowest BCUT2D eigenvalue weighted by atomic mass is 9.78. The standard InChI is InChI=1S/C23H25Cl2F3/c1-13(2)14-5-7-20(24)18(9-14)17-10-15(17)12-22(3,4)16-6-8-21(25)19(11-16)23(26,27)28/h5-9,11,13,15,17H,10,12H2,1-4H3. The van der Waals surface area contributed by atoms with E-state index in [1.807, 2.05) is 19.9 Å². The van der Waals surface area contributed by atoms with Crippen LogP contribution >= 0.6 is 23.2 Å². The number of halogens is 5. The molecule has 1 aliphatic carbocycles. The first-order valence-corrected chi connectivity index (χ1v) is 10.3. The van der Waals surface area contributed by atoms with Crippen LogP contribution in [0.15, 0.2) is 36.4 Å². The van der Waals surface area contributed by atoms with Crippen molar-refractivity contribution in [3.05, 3.63) is 68.7 Å². The fourth-order valence-electron chi connectivity index (χ4n) is 4.00. The Labute approximate surface area is 175 Å². The summed E-state index contributed by atoms with van der Waals surface area (Å²) in [5, 5.41) is 0.522. The highest BCUT2D eigenvalue weighted by Gasteiger charge is 2.43. The summed E-state index contributed by atoms with van der Waals surface area (Å²) in [6, 6.07) is 10.5. The van der Waals surface area contributed by atoms with Crippen molar-refractivity contribution in [3.63, 3.8) is 0 Å². The van der Waals surface area contributed by atoms with Crippen LogP contribution in [0.4, 0.5) is 13.2 Å². The first kappa shape index (κ1) is 21.5. The summed E-state index contributed by atoms with van der Waals surface area (Å²) in [6.45, 7) is 8.30. The molecule has 2 aromatic carbocycles. The Bertz CT molecular complexity index is 869. The summed E-state index contributed by atoms with van der Waals surface area (Å²) >= 11 is 12.2. The van der Waals surface area contributed by atoms with Gasteiger partial charge in [-0.3, -0.25) is 0 Å². The van der Waals surface area contributed by atoms with E-state index in [4.69, 9.17) is 23.2 Å². The van der Waals surface area contributed by atoms with E-state index >= 15 is 0 Å². The maximum absolute atomic E-state index is 13.2. The SMILES string of the molecule is CC(C)c1ccc(Cl)c(C2CC2CC(C)(C)c2ccc(Cl)c(C(F)(F)F)c2)c1. The van der Waals surface area contributed by atoms with Crippen molar-refractivity contribution in [2.45, 2.75) is 64.0 Å². The Morgan fingerprint density at radius 1 is 1.00 bits per heavy atom. The predicted octanol–water partition coefficient (Wildman–Crippen LogP) is 8.61. The molecule has 0 aromatic heterocycles. The second kappa shape index (κ2) is 7.57. The quantitative estimate of drug-likeness (QED) is 0.446. The molecule has 0 bridgehead atoms. The van der Waals surface area contributed by atoms with Crippen molar-refractivity contribution in [1.29, 1.82) is 0 Å². The lowest BCUT2D eigenvalue weighted by Gasteiger charge is -2.27. The van der Waals surface area contributed by atoms with E-state index in [-0.39, 0.29) is 10.4 Å². The molecular weight excluding hydrogens is 404 g/mol. The number of alkyl halides is 3. The maximum atomic E-state index is 13.2. The van der Waals surface area contributed by atoms with Gasteiger partial charge in [0.15, 0.2) is 0 Å². The molecule has 0 spiro atoms. The number of hydrogen-bond acceptors (Lipinski definition) is 0. The van der Waals surface area contributed by atoms with Gasteiger partial charge in [0.1, 0.15) is 0 Å². The minimum Gasteiger partial charge on any atom is -0.166 e. The molecular formula is C23H25Cl2F3. The normalized spacial score (nSPS) is 19.9. The van der Waals surface area contributed by atoms with E-state index < -0.39 is 11.7 Å². The number of hydrogen-bond donors (Lipinski definition) is 0. The van der Waals surface area contributed by atoms with Gasteiger partial charge in [0.2, 0.25) is 0 Å². The molecule has 0 amide bonds. The zero-order valence-electron chi connectivity index (χ0n) is 16.5. The molecule has 2 unspecified atom stereocenters. The van der Waals surface area contributed by atoms with Gasteiger partial charge >= 0.3 is 6.18 Å². The largest absolute Gasteiger partial charge is 0.417 e. The molecule has 2 atom stereocenters. The van der Waals surface area contributed by atoms with E-state index in [9.17, 15) is 13.2 Å². The fraction of sp³-hybridized carbons (Fsp3) is 0.478. The van der Waals surface area contributed by atoms with Gasteiger partial charge in [-0.25, -0.2) is 0 Å². The van der Waals surface area contributed by atoms with E-state index in [2.05, 4.69) is 26.0 Å². The van der Waals surface area contributed by atoms with Crippen molar-refractivity contribution >= 4 is 23.2 Å². The molecule has 28 heavy (non-hydrogen) atoms. The highest BCUT2D eigenvalue weighted by molar-refractivity contribution is 6.31. The summed E-state index contributed by atoms with van der Waals surface area (Å²) in [5.41, 5.74) is 1.95. The van der Waals surface area contributed by atoms with E-state index in [0.29, 0.717) is 23.3 Å². The Kier molecular flexibility index (Phi) is 5.82. The molecule has 0 aliphatic heterocycles. The van der Waals surface area contributed by atoms with Crippen LogP contribution < -0.4 is 0 Å². The van der Waals surface area contributed by atoms with Crippen molar-refractivity contribution in [1.82, 2.24) is 0 Å². The highest BCUT2D eigenvalue weighted by atomic mass is 35.5. The Balaban J connectivity index is 1.79. The Morgan fingerprint density at radius 2 is 1.64 bits per heavy atom. The van der Waals surface area contributed by atoms with Crippen LogP contribution in [0.25, 0.3) is 0 Å². The summed E-state index contributed by atoms with van der Waals surface area (Å²) < 4.78 is 39.7. The molecule has 0 nitrogen and oxygen atoms in total. The van der Waals surface area contributed by atoms with E-state index in [1.54, 1.807) is 6.07 Å². The molecule has 1 aliphatic rings. The molecule has 0 saturated heterocycles. The van der Waals surface area contributed by atoms with Crippen molar-refractivity contribution in [2.75, 3.05) is 0 Å². The minimum absolute atomic E-state index is 0.256. The van der Waals surface area contributed by atoms with Gasteiger partial charge in [0, 0.05) is 5.02 Å². The van der Waals surface area contributed by atoms with Crippen LogP contribution in [-0.2, 0) is 11.6 Å². The third-order valence-electron chi connectivity index (χ3n) is 5.83. The lowest BCUT2D eigenvalue weighted by molar-refractivity contribution is -0.137. The molecule has 5 heteroatoms. The fourth-order valence-corrected chi connectivity index (χ4v) is 4.48. The average molecular weight is 429 g/mol. The van der Waals surface area contributed by atoms with Gasteiger partial charge in [-0.1, -0.05) is 69.1 Å². The zero-order valence-corrected chi connectivity index (χ0v) is 18.0. The minimum atomic E-state index is -4.45. The summed E-state index contributed by atoms with van der Waals surface area (Å²) in [4.78, 5) is 0. The summed E-state index contributed by atoms with van der Waals surface area (Å²) in [6.07, 6.45) is -2.63. The zero-order chi connectivity index (χ0) is 20.9. The number of rotatable bonds is 5. The lowest BCUT2D eigenvalue weighted by Crippen LogP contribution is -2.19. The summed E-state index contributed by atoms with van der Waals surface area (Å²) in [7, 11) is 0. The van der Waals surface area contributed by atoms with Crippen LogP contribution in [0.2, 0.25) is 10.0 Å². The molecule has 0 radical (unpaired) electrons. The van der Waals surface area contributed by atoms with Crippen molar-refractivity contribution < 1.29 is 13.2 Å². The number of benzene rings is 2. The molecule has 1 fully saturated rings. The molecule has 3 rings (SSSR count). The first-order chi connectivity index (χ1) is 12.9. The second-order valence-corrected chi connectivity index (χ2v) is 9.63. The van der Waals surface area contributed by atoms with Crippen LogP contribution in [0.5, 0.6) is 0 Å². The highest BCUT2D eigenvalue weighted by Crippen LogP contribution is 2.55. The summed E-state index contributed by atoms with van der Waals surface area (Å²) in [5.74, 6) is 1.22. The van der Waals surface area contributed by atoms with Crippen LogP contribution in [0, 0.1) is 5.92 Å². The van der Waals surface area contributed by atoms with Gasteiger partial charge in [-0.15, -0.1) is 0 Å². The van der Waals surface area contributed by atoms with Crippen LogP contribution in [-0.4, -0.2) is 0 Å². The Morgan fingerprint density at radius 3 is 2.25 bits per heavy atom. The second-order valence-electron chi connectivity index (χ2n) is 8.82. The smallest absolute Gasteiger partial charge is 0.166 e. The van der Waals surface area contributed by atoms with E-state index in [0.717, 1.165) is 17.9 Å². The third-order valence-corrected chi connectivity index (χ3v) is 6.51. The first-order valence-electron chi connectivity index (χ1n) is 9.56. The van der Waals surface area contributed by atoms with Crippen LogP contribution in [0.1, 0.15) is 74.6 Å². The topological polar surface area (TPSA) is 0 Å². The Hall–Kier alpha value is -1.19. The molecule has 0 N–H and O–H groups in total. The van der Waals surface area contributed by atoms with Crippen molar-refractivity contribution in [3.8, 4) is 0 Å². The van der Waals surface area contributed by atoms with Crippen LogP contribution in [0.3, 0.4) is 0 Å². The average Bonchev–Trinajstić information content (AvgIpc) is 3.32. The van der Waals surface area contributed by atoms with Gasteiger partial charge in [-0.2, -0.15) is 13.2 Å². The molecule has 0 heterocycles.